The van der Waals surface area contributed by atoms with Crippen LogP contribution in [-0.4, -0.2) is 41.4 Å². The maximum Gasteiger partial charge on any atom is 0.344 e. The number of carbonyl (C=O) groups excluding carboxylic acids is 1. The predicted molar refractivity (Wildman–Crippen MR) is 115 cm³/mol. The zero-order chi connectivity index (χ0) is 22.2. The van der Waals surface area contributed by atoms with E-state index in [0.717, 1.165) is 11.1 Å². The largest absolute Gasteiger partial charge is 0.507 e. The maximum atomic E-state index is 12.0. The van der Waals surface area contributed by atoms with E-state index in [2.05, 4.69) is 9.97 Å². The van der Waals surface area contributed by atoms with Crippen LogP contribution in [0.1, 0.15) is 18.3 Å². The molecular weight excluding hydrogens is 398 g/mol. The van der Waals surface area contributed by atoms with Crippen LogP contribution < -0.4 is 9.47 Å². The number of aliphatic hydroxyl groups is 1. The van der Waals surface area contributed by atoms with Crippen molar-refractivity contribution in [3.05, 3.63) is 65.7 Å². The zero-order valence-corrected chi connectivity index (χ0v) is 17.1. The van der Waals surface area contributed by atoms with Crippen molar-refractivity contribution in [2.45, 2.75) is 6.92 Å². The highest BCUT2D eigenvalue weighted by molar-refractivity contribution is 5.83. The Morgan fingerprint density at radius 3 is 2.74 bits per heavy atom. The van der Waals surface area contributed by atoms with E-state index < -0.39 is 18.3 Å². The molecule has 0 atom stereocenters. The summed E-state index contributed by atoms with van der Waals surface area (Å²) in [4.78, 5) is 19.3. The number of esters is 1. The van der Waals surface area contributed by atoms with Crippen LogP contribution in [0.25, 0.3) is 22.7 Å². The number of hydrogen-bond donors (Lipinski definition) is 2. The Bertz CT molecular complexity index is 1150. The third kappa shape index (κ3) is 5.22. The monoisotopic (exact) mass is 419 g/mol. The normalized spacial score (nSPS) is 11.8. The van der Waals surface area contributed by atoms with Crippen LogP contribution in [0, 0.1) is 11.3 Å². The molecule has 2 aromatic carbocycles. The average Bonchev–Trinajstić information content (AvgIpc) is 3.21. The van der Waals surface area contributed by atoms with Crippen molar-refractivity contribution in [3.8, 4) is 17.6 Å². The number of nitrogens with one attached hydrogen (secondary N) is 1. The molecule has 0 aliphatic carbocycles. The fourth-order valence-electron chi connectivity index (χ4n) is 2.82. The van der Waals surface area contributed by atoms with Crippen molar-refractivity contribution in [1.29, 1.82) is 5.26 Å². The molecule has 0 saturated carbocycles. The Kier molecular flexibility index (Phi) is 6.91. The van der Waals surface area contributed by atoms with Crippen molar-refractivity contribution in [2.24, 2.45) is 0 Å². The lowest BCUT2D eigenvalue weighted by atomic mass is 10.2. The van der Waals surface area contributed by atoms with E-state index in [4.69, 9.17) is 14.2 Å². The summed E-state index contributed by atoms with van der Waals surface area (Å²) in [5.41, 5.74) is 2.20. The van der Waals surface area contributed by atoms with Crippen LogP contribution in [0.5, 0.6) is 11.5 Å². The van der Waals surface area contributed by atoms with Gasteiger partial charge >= 0.3 is 5.97 Å². The van der Waals surface area contributed by atoms with Gasteiger partial charge in [0.05, 0.1) is 18.1 Å². The van der Waals surface area contributed by atoms with Crippen LogP contribution >= 0.6 is 0 Å². The first-order valence-corrected chi connectivity index (χ1v) is 9.42. The minimum Gasteiger partial charge on any atom is -0.507 e. The maximum absolute atomic E-state index is 12.0. The molecule has 1 aromatic heterocycles. The molecule has 0 aliphatic heterocycles. The number of methoxy groups -OCH3 is 1. The lowest BCUT2D eigenvalue weighted by Gasteiger charge is -2.11. The predicted octanol–water partition coefficient (Wildman–Crippen LogP) is 4.02. The smallest absolute Gasteiger partial charge is 0.344 e. The molecule has 2 N–H and O–H groups in total. The van der Waals surface area contributed by atoms with Gasteiger partial charge in [-0.3, -0.25) is 0 Å². The van der Waals surface area contributed by atoms with Gasteiger partial charge in [0.2, 0.25) is 0 Å². The highest BCUT2D eigenvalue weighted by Gasteiger charge is 2.15. The van der Waals surface area contributed by atoms with Crippen LogP contribution in [0.3, 0.4) is 0 Å². The fraction of sp³-hybridized carbons (Fsp3) is 0.174. The molecule has 0 aliphatic rings. The first kappa shape index (κ1) is 21.5. The molecule has 0 spiro atoms. The minimum absolute atomic E-state index is 0.105. The fourth-order valence-corrected chi connectivity index (χ4v) is 2.82. The number of nitrogens with zero attached hydrogens (tertiary/aromatic N) is 2. The summed E-state index contributed by atoms with van der Waals surface area (Å²) in [7, 11) is 1.50. The first-order chi connectivity index (χ1) is 15.0. The SMILES string of the molecule is C/C=C/c1ccc(OCC(=O)OC/C(O)=C(\C#N)c2nc3ccccc3[nH]2)c(OC)c1. The number of nitriles is 1. The van der Waals surface area contributed by atoms with Crippen molar-refractivity contribution in [3.63, 3.8) is 0 Å². The number of H-pyrrole nitrogens is 1. The van der Waals surface area contributed by atoms with Gasteiger partial charge in [-0.25, -0.2) is 9.78 Å². The summed E-state index contributed by atoms with van der Waals surface area (Å²) in [6.45, 7) is 1.03. The molecule has 8 heteroatoms. The van der Waals surface area contributed by atoms with Gasteiger partial charge in [0.15, 0.2) is 29.7 Å². The van der Waals surface area contributed by atoms with Gasteiger partial charge in [0, 0.05) is 0 Å². The second-order valence-electron chi connectivity index (χ2n) is 6.40. The number of aromatic nitrogens is 2. The first-order valence-electron chi connectivity index (χ1n) is 9.42. The molecule has 0 unspecified atom stereocenters. The van der Waals surface area contributed by atoms with Gasteiger partial charge < -0.3 is 24.3 Å². The molecule has 158 valence electrons. The minimum atomic E-state index is -0.715. The Morgan fingerprint density at radius 2 is 2.03 bits per heavy atom. The quantitative estimate of drug-likeness (QED) is 0.322. The van der Waals surface area contributed by atoms with E-state index in [1.165, 1.54) is 7.11 Å². The number of rotatable bonds is 8. The number of ether oxygens (including phenoxy) is 3. The molecule has 0 bridgehead atoms. The Hall–Kier alpha value is -4.25. The molecule has 0 fully saturated rings. The second-order valence-corrected chi connectivity index (χ2v) is 6.40. The molecule has 31 heavy (non-hydrogen) atoms. The summed E-state index contributed by atoms with van der Waals surface area (Å²) in [5.74, 6) is -0.0778. The molecular formula is C23H21N3O5. The second kappa shape index (κ2) is 9.98. The van der Waals surface area contributed by atoms with Gasteiger partial charge in [0.25, 0.3) is 0 Å². The number of para-hydroxylation sites is 2. The number of aliphatic hydroxyl groups excluding tert-OH is 1. The average molecular weight is 419 g/mol. The topological polar surface area (TPSA) is 117 Å². The van der Waals surface area contributed by atoms with E-state index in [9.17, 15) is 15.2 Å². The number of imidazole rings is 1. The van der Waals surface area contributed by atoms with Crippen molar-refractivity contribution in [2.75, 3.05) is 20.3 Å². The lowest BCUT2D eigenvalue weighted by molar-refractivity contribution is -0.145. The Labute approximate surface area is 179 Å². The molecule has 0 saturated heterocycles. The number of benzene rings is 2. The van der Waals surface area contributed by atoms with Crippen molar-refractivity contribution in [1.82, 2.24) is 9.97 Å². The van der Waals surface area contributed by atoms with Crippen molar-refractivity contribution < 1.29 is 24.1 Å². The Morgan fingerprint density at radius 1 is 1.23 bits per heavy atom. The zero-order valence-electron chi connectivity index (χ0n) is 17.1. The summed E-state index contributed by atoms with van der Waals surface area (Å²) >= 11 is 0. The highest BCUT2D eigenvalue weighted by atomic mass is 16.6. The van der Waals surface area contributed by atoms with Crippen LogP contribution in [0.2, 0.25) is 0 Å². The molecule has 0 amide bonds. The number of aromatic amines is 1. The van der Waals surface area contributed by atoms with Gasteiger partial charge in [-0.2, -0.15) is 5.26 Å². The van der Waals surface area contributed by atoms with E-state index >= 15 is 0 Å². The molecule has 3 rings (SSSR count). The van der Waals surface area contributed by atoms with Crippen LogP contribution in [0.15, 0.2) is 54.3 Å². The summed E-state index contributed by atoms with van der Waals surface area (Å²) < 4.78 is 15.8. The lowest BCUT2D eigenvalue weighted by Crippen LogP contribution is -2.17. The van der Waals surface area contributed by atoms with Crippen LogP contribution in [-0.2, 0) is 9.53 Å². The third-order valence-corrected chi connectivity index (χ3v) is 4.29. The van der Waals surface area contributed by atoms with Crippen molar-refractivity contribution >= 4 is 28.7 Å². The van der Waals surface area contributed by atoms with Gasteiger partial charge in [0.1, 0.15) is 18.2 Å². The number of allylic oxidation sites excluding steroid dienone is 2. The number of fused-ring (bicyclic) bond motifs is 1. The highest BCUT2D eigenvalue weighted by Crippen LogP contribution is 2.28. The number of carbonyl (C=O) groups is 1. The molecule has 1 heterocycles. The summed E-state index contributed by atoms with van der Waals surface area (Å²) in [6.07, 6.45) is 3.80. The number of hydrogen-bond acceptors (Lipinski definition) is 7. The molecule has 8 nitrogen and oxygen atoms in total. The van der Waals surface area contributed by atoms with E-state index in [-0.39, 0.29) is 18.0 Å². The van der Waals surface area contributed by atoms with Crippen LogP contribution in [0.4, 0.5) is 0 Å². The van der Waals surface area contributed by atoms with Gasteiger partial charge in [-0.15, -0.1) is 0 Å². The van der Waals surface area contributed by atoms with E-state index in [0.29, 0.717) is 17.0 Å². The molecule has 0 radical (unpaired) electrons. The van der Waals surface area contributed by atoms with Gasteiger partial charge in [-0.1, -0.05) is 30.4 Å². The Balaban J connectivity index is 1.62. The third-order valence-electron chi connectivity index (χ3n) is 4.29. The van der Waals surface area contributed by atoms with E-state index in [1.807, 2.05) is 43.3 Å². The van der Waals surface area contributed by atoms with E-state index in [1.54, 1.807) is 24.3 Å². The summed E-state index contributed by atoms with van der Waals surface area (Å²) in [6, 6.07) is 14.4. The standard InChI is InChI=1S/C23H21N3O5/c1-3-6-15-9-10-20(21(11-15)29-2)30-14-22(28)31-13-19(27)16(12-24)23-25-17-7-4-5-8-18(17)26-23/h3-11,27H,13-14H2,1-2H3,(H,25,26)/b6-3+,19-16-. The summed E-state index contributed by atoms with van der Waals surface area (Å²) in [5, 5.41) is 19.6. The molecule has 3 aromatic rings. The van der Waals surface area contributed by atoms with Gasteiger partial charge in [-0.05, 0) is 36.8 Å².